The molecule has 0 saturated heterocycles. The molecule has 0 amide bonds. The van der Waals surface area contributed by atoms with Gasteiger partial charge < -0.3 is 19.8 Å². The summed E-state index contributed by atoms with van der Waals surface area (Å²) in [5, 5.41) is 17.6. The largest absolute Gasteiger partial charge is 2.00 e. The van der Waals surface area contributed by atoms with Crippen molar-refractivity contribution in [2.45, 2.75) is 12.4 Å². The van der Waals surface area contributed by atoms with Gasteiger partial charge in [0.05, 0.1) is 0 Å². The topological polar surface area (TPSA) is 80.3 Å². The summed E-state index contributed by atoms with van der Waals surface area (Å²) in [6, 6.07) is 0. The number of carboxylic acid groups (broad SMARTS) is 2. The molecule has 0 heterocycles. The maximum Gasteiger partial charge on any atom is 2.00 e. The van der Waals surface area contributed by atoms with Crippen LogP contribution in [0.25, 0.3) is 0 Å². The quantitative estimate of drug-likeness (QED) is 0.404. The average molecular weight is 282 g/mol. The van der Waals surface area contributed by atoms with Crippen LogP contribution in [0.3, 0.4) is 0 Å². The van der Waals surface area contributed by atoms with Gasteiger partial charge in [-0.05, 0) is 0 Å². The first-order valence-electron chi connectivity index (χ1n) is 2.45. The van der Waals surface area contributed by atoms with Crippen molar-refractivity contribution in [1.82, 2.24) is 0 Å². The number of carbonyl (C=O) groups is 2. The number of carbonyl (C=O) groups excluding carboxylic acids is 2. The van der Waals surface area contributed by atoms with Gasteiger partial charge in [0, 0.05) is 0 Å². The Morgan fingerprint density at radius 3 is 0.800 bits per heavy atom. The molecule has 0 radical (unpaired) electrons. The minimum absolute atomic E-state index is 0. The van der Waals surface area contributed by atoms with E-state index >= 15 is 0 Å². The monoisotopic (exact) mass is 282 g/mol. The van der Waals surface area contributed by atoms with Crippen LogP contribution in [-0.4, -0.2) is 24.3 Å². The molecule has 0 spiro atoms. The molecule has 4 nitrogen and oxygen atoms in total. The van der Waals surface area contributed by atoms with Crippen molar-refractivity contribution in [3.8, 4) is 0 Å². The smallest absolute Gasteiger partial charge is 0.542 e. The fraction of sp³-hybridized carbons (Fsp3) is 0.500. The molecule has 15 heavy (non-hydrogen) atoms. The summed E-state index contributed by atoms with van der Waals surface area (Å²) >= 11 is 0. The molecule has 0 saturated carbocycles. The van der Waals surface area contributed by atoms with E-state index in [4.69, 9.17) is 19.8 Å². The minimum atomic E-state index is -5.19. The van der Waals surface area contributed by atoms with Crippen LogP contribution in [-0.2, 0) is 26.7 Å². The minimum Gasteiger partial charge on any atom is -0.542 e. The first-order valence-corrected chi connectivity index (χ1v) is 2.45. The van der Waals surface area contributed by atoms with Crippen LogP contribution in [0.4, 0.5) is 26.3 Å². The van der Waals surface area contributed by atoms with E-state index in [1.807, 2.05) is 0 Å². The number of aliphatic carboxylic acids is 2. The number of halogens is 6. The van der Waals surface area contributed by atoms with Crippen LogP contribution in [0.2, 0.25) is 0 Å². The van der Waals surface area contributed by atoms with Crippen molar-refractivity contribution in [1.29, 1.82) is 0 Å². The van der Waals surface area contributed by atoms with Gasteiger partial charge in [0.25, 0.3) is 0 Å². The average Bonchev–Trinajstić information content (AvgIpc) is 1.83. The maximum absolute atomic E-state index is 10.5. The summed E-state index contributed by atoms with van der Waals surface area (Å²) in [6.07, 6.45) is -10.4. The van der Waals surface area contributed by atoms with Crippen molar-refractivity contribution in [2.24, 2.45) is 0 Å². The molecule has 0 bridgehead atoms. The van der Waals surface area contributed by atoms with E-state index in [1.165, 1.54) is 0 Å². The van der Waals surface area contributed by atoms with E-state index in [0.717, 1.165) is 0 Å². The zero-order valence-corrected chi connectivity index (χ0v) is 7.36. The second kappa shape index (κ2) is 6.51. The summed E-state index contributed by atoms with van der Waals surface area (Å²) < 4.78 is 63.1. The third-order valence-electron chi connectivity index (χ3n) is 0.463. The summed E-state index contributed by atoms with van der Waals surface area (Å²) in [5.74, 6) is -6.01. The molecule has 0 rings (SSSR count). The van der Waals surface area contributed by atoms with Gasteiger partial charge in [-0.15, -0.1) is 0 Å². The van der Waals surface area contributed by atoms with E-state index < -0.39 is 24.3 Å². The first-order chi connectivity index (χ1) is 5.89. The molecule has 0 aromatic carbocycles. The van der Waals surface area contributed by atoms with E-state index in [2.05, 4.69) is 0 Å². The van der Waals surface area contributed by atoms with E-state index in [-0.39, 0.29) is 17.1 Å². The van der Waals surface area contributed by atoms with Crippen LogP contribution in [0.1, 0.15) is 0 Å². The molecule has 0 N–H and O–H groups in total. The zero-order valence-electron chi connectivity index (χ0n) is 6.25. The second-order valence-corrected chi connectivity index (χ2v) is 1.57. The van der Waals surface area contributed by atoms with Crippen molar-refractivity contribution >= 4 is 11.9 Å². The Morgan fingerprint density at radius 1 is 0.733 bits per heavy atom. The molecule has 11 heteroatoms. The number of alkyl halides is 6. The summed E-state index contributed by atoms with van der Waals surface area (Å²) in [5.41, 5.74) is 0. The van der Waals surface area contributed by atoms with Gasteiger partial charge in [0.2, 0.25) is 0 Å². The van der Waals surface area contributed by atoms with Crippen molar-refractivity contribution < 1.29 is 63.2 Å². The summed E-state index contributed by atoms with van der Waals surface area (Å²) in [7, 11) is 0. The predicted octanol–water partition coefficient (Wildman–Crippen LogP) is -1.41. The summed E-state index contributed by atoms with van der Waals surface area (Å²) in [6.45, 7) is 0. The second-order valence-electron chi connectivity index (χ2n) is 1.57. The van der Waals surface area contributed by atoms with Gasteiger partial charge in [-0.2, -0.15) is 26.3 Å². The Balaban J connectivity index is -0.000000180. The van der Waals surface area contributed by atoms with Crippen LogP contribution in [0, 0.1) is 0 Å². The van der Waals surface area contributed by atoms with Gasteiger partial charge in [-0.1, -0.05) is 0 Å². The Morgan fingerprint density at radius 2 is 0.800 bits per heavy atom. The SMILES string of the molecule is O=C([O-])C(F)(F)F.O=C([O-])C(F)(F)F.[Fe+2]. The van der Waals surface area contributed by atoms with Gasteiger partial charge in [-0.3, -0.25) is 0 Å². The van der Waals surface area contributed by atoms with Crippen molar-refractivity contribution in [3.05, 3.63) is 0 Å². The molecular weight excluding hydrogens is 282 g/mol. The number of rotatable bonds is 0. The molecule has 0 unspecified atom stereocenters. The number of carboxylic acids is 2. The number of hydrogen-bond acceptors (Lipinski definition) is 4. The third kappa shape index (κ3) is 13.0. The Bertz CT molecular complexity index is 196. The van der Waals surface area contributed by atoms with Gasteiger partial charge in [0.1, 0.15) is 11.9 Å². The molecule has 0 aliphatic carbocycles. The molecule has 0 aromatic heterocycles. The normalized spacial score (nSPS) is 10.5. The van der Waals surface area contributed by atoms with Gasteiger partial charge >= 0.3 is 29.4 Å². The Kier molecular flexibility index (Phi) is 8.50. The van der Waals surface area contributed by atoms with Gasteiger partial charge in [-0.25, -0.2) is 0 Å². The third-order valence-corrected chi connectivity index (χ3v) is 0.463. The Hall–Kier alpha value is -0.961. The molecule has 0 fully saturated rings. The van der Waals surface area contributed by atoms with Crippen LogP contribution < -0.4 is 10.2 Å². The van der Waals surface area contributed by atoms with Crippen molar-refractivity contribution in [2.75, 3.05) is 0 Å². The standard InChI is InChI=1S/2C2HF3O2.Fe/c2*3-2(4,5)1(6)7;/h2*(H,6,7);/q;;+2/p-2. The predicted molar refractivity (Wildman–Crippen MR) is 22.1 cm³/mol. The molecule has 0 atom stereocenters. The van der Waals surface area contributed by atoms with Crippen LogP contribution >= 0.6 is 0 Å². The van der Waals surface area contributed by atoms with E-state index in [0.29, 0.717) is 0 Å². The Labute approximate surface area is 88.3 Å². The fourth-order valence-corrected chi connectivity index (χ4v) is 0. The maximum atomic E-state index is 10.5. The van der Waals surface area contributed by atoms with Crippen LogP contribution in [0.15, 0.2) is 0 Å². The van der Waals surface area contributed by atoms with Crippen LogP contribution in [0.5, 0.6) is 0 Å². The summed E-state index contributed by atoms with van der Waals surface area (Å²) in [4.78, 5) is 17.6. The van der Waals surface area contributed by atoms with E-state index in [1.54, 1.807) is 0 Å². The number of hydrogen-bond donors (Lipinski definition) is 0. The molecular formula is C4F6FeO4. The molecule has 0 aliphatic heterocycles. The first kappa shape index (κ1) is 19.6. The van der Waals surface area contributed by atoms with Gasteiger partial charge in [0.15, 0.2) is 0 Å². The molecule has 90 valence electrons. The van der Waals surface area contributed by atoms with Crippen molar-refractivity contribution in [3.63, 3.8) is 0 Å². The van der Waals surface area contributed by atoms with E-state index in [9.17, 15) is 26.3 Å². The molecule has 0 aromatic rings. The zero-order chi connectivity index (χ0) is 12.2. The fourth-order valence-electron chi connectivity index (χ4n) is 0. The molecule has 0 aliphatic rings.